The van der Waals surface area contributed by atoms with Crippen LogP contribution in [0.25, 0.3) is 16.9 Å². The van der Waals surface area contributed by atoms with Crippen molar-refractivity contribution in [2.45, 2.75) is 0 Å². The van der Waals surface area contributed by atoms with Gasteiger partial charge in [-0.1, -0.05) is 30.3 Å². The summed E-state index contributed by atoms with van der Waals surface area (Å²) < 4.78 is 1.66. The number of nitro benzene ring substituents is 1. The average Bonchev–Trinajstić information content (AvgIpc) is 3.06. The Morgan fingerprint density at radius 2 is 1.75 bits per heavy atom. The lowest BCUT2D eigenvalue weighted by Crippen LogP contribution is -2.01. The number of nitro groups is 1. The van der Waals surface area contributed by atoms with Crippen LogP contribution in [0.1, 0.15) is 10.4 Å². The monoisotopic (exact) mass is 374 g/mol. The molecule has 4 aromatic rings. The third-order valence-electron chi connectivity index (χ3n) is 4.25. The highest BCUT2D eigenvalue weighted by atomic mass is 16.6. The summed E-state index contributed by atoms with van der Waals surface area (Å²) in [6.07, 6.45) is 1.49. The number of nitrogens with one attached hydrogen (secondary N) is 1. The third-order valence-corrected chi connectivity index (χ3v) is 4.25. The number of aromatic nitrogens is 2. The minimum atomic E-state index is -1.04. The fourth-order valence-electron chi connectivity index (χ4n) is 2.89. The molecule has 2 aromatic carbocycles. The zero-order valence-electron chi connectivity index (χ0n) is 14.4. The fraction of sp³-hybridized carbons (Fsp3) is 0. The first-order valence-electron chi connectivity index (χ1n) is 8.35. The molecule has 0 saturated carbocycles. The Morgan fingerprint density at radius 1 is 1.04 bits per heavy atom. The summed E-state index contributed by atoms with van der Waals surface area (Å²) in [4.78, 5) is 26.4. The highest BCUT2D eigenvalue weighted by Crippen LogP contribution is 2.31. The predicted molar refractivity (Wildman–Crippen MR) is 104 cm³/mol. The number of anilines is 2. The van der Waals surface area contributed by atoms with Crippen LogP contribution in [0.4, 0.5) is 17.2 Å². The van der Waals surface area contributed by atoms with Crippen LogP contribution in [0.5, 0.6) is 0 Å². The van der Waals surface area contributed by atoms with Crippen molar-refractivity contribution in [2.24, 2.45) is 0 Å². The van der Waals surface area contributed by atoms with Gasteiger partial charge in [0.1, 0.15) is 17.2 Å². The van der Waals surface area contributed by atoms with E-state index in [0.717, 1.165) is 5.56 Å². The molecule has 138 valence electrons. The zero-order valence-corrected chi connectivity index (χ0v) is 14.4. The van der Waals surface area contributed by atoms with Gasteiger partial charge >= 0.3 is 5.97 Å². The van der Waals surface area contributed by atoms with Crippen LogP contribution in [0.15, 0.2) is 72.9 Å². The number of aromatic carboxylic acids is 1. The van der Waals surface area contributed by atoms with Crippen LogP contribution in [0.3, 0.4) is 0 Å². The van der Waals surface area contributed by atoms with E-state index in [9.17, 15) is 20.0 Å². The quantitative estimate of drug-likeness (QED) is 0.397. The van der Waals surface area contributed by atoms with E-state index < -0.39 is 10.9 Å². The summed E-state index contributed by atoms with van der Waals surface area (Å²) in [7, 11) is 0. The Hall–Kier alpha value is -4.20. The van der Waals surface area contributed by atoms with Gasteiger partial charge < -0.3 is 10.4 Å². The summed E-state index contributed by atoms with van der Waals surface area (Å²) in [6.45, 7) is 0. The highest BCUT2D eigenvalue weighted by molar-refractivity contribution is 5.88. The first kappa shape index (κ1) is 17.2. The van der Waals surface area contributed by atoms with Crippen molar-refractivity contribution in [3.05, 3.63) is 88.6 Å². The minimum Gasteiger partial charge on any atom is -0.478 e. The van der Waals surface area contributed by atoms with Gasteiger partial charge in [-0.2, -0.15) is 0 Å². The van der Waals surface area contributed by atoms with Gasteiger partial charge in [0.05, 0.1) is 10.5 Å². The lowest BCUT2D eigenvalue weighted by atomic mass is 10.1. The first-order valence-corrected chi connectivity index (χ1v) is 8.35. The number of carboxylic acid groups (broad SMARTS) is 1. The van der Waals surface area contributed by atoms with Gasteiger partial charge in [-0.3, -0.25) is 14.5 Å². The molecule has 28 heavy (non-hydrogen) atoms. The van der Waals surface area contributed by atoms with E-state index in [2.05, 4.69) is 10.3 Å². The molecule has 0 aliphatic rings. The molecule has 0 atom stereocenters. The molecule has 0 saturated heterocycles. The summed E-state index contributed by atoms with van der Waals surface area (Å²) in [5.41, 5.74) is 2.80. The second-order valence-electron chi connectivity index (χ2n) is 6.06. The number of benzene rings is 2. The van der Waals surface area contributed by atoms with E-state index in [0.29, 0.717) is 22.8 Å². The zero-order chi connectivity index (χ0) is 19.7. The molecule has 0 radical (unpaired) electrons. The Balaban J connectivity index is 1.86. The molecule has 0 bridgehead atoms. The Labute approximate surface area is 158 Å². The number of carbonyl (C=O) groups is 1. The molecule has 2 heterocycles. The molecule has 0 amide bonds. The van der Waals surface area contributed by atoms with E-state index in [1.54, 1.807) is 22.6 Å². The molecular weight excluding hydrogens is 360 g/mol. The second kappa shape index (κ2) is 6.84. The topological polar surface area (TPSA) is 110 Å². The lowest BCUT2D eigenvalue weighted by molar-refractivity contribution is -0.384. The number of pyridine rings is 1. The van der Waals surface area contributed by atoms with Crippen molar-refractivity contribution in [3.63, 3.8) is 0 Å². The number of fused-ring (bicyclic) bond motifs is 1. The van der Waals surface area contributed by atoms with Gasteiger partial charge in [-0.05, 0) is 24.3 Å². The SMILES string of the molecule is O=C(O)c1ccc2nc(-c3ccccc3)c(Nc3ccc([N+](=O)[O-])cc3)n2c1. The maximum atomic E-state index is 11.4. The van der Waals surface area contributed by atoms with Crippen molar-refractivity contribution < 1.29 is 14.8 Å². The normalized spacial score (nSPS) is 10.7. The van der Waals surface area contributed by atoms with Crippen molar-refractivity contribution in [1.82, 2.24) is 9.38 Å². The maximum absolute atomic E-state index is 11.4. The van der Waals surface area contributed by atoms with Crippen LogP contribution in [0, 0.1) is 10.1 Å². The molecule has 2 N–H and O–H groups in total. The van der Waals surface area contributed by atoms with E-state index in [-0.39, 0.29) is 11.3 Å². The van der Waals surface area contributed by atoms with Crippen LogP contribution in [0.2, 0.25) is 0 Å². The Bertz CT molecular complexity index is 1180. The summed E-state index contributed by atoms with van der Waals surface area (Å²) >= 11 is 0. The van der Waals surface area contributed by atoms with E-state index in [1.165, 1.54) is 24.4 Å². The molecule has 0 aliphatic heterocycles. The third kappa shape index (κ3) is 3.14. The fourth-order valence-corrected chi connectivity index (χ4v) is 2.89. The summed E-state index contributed by atoms with van der Waals surface area (Å²) in [5, 5.41) is 23.4. The number of nitrogens with zero attached hydrogens (tertiary/aromatic N) is 3. The number of rotatable bonds is 5. The molecule has 2 aromatic heterocycles. The van der Waals surface area contributed by atoms with Crippen LogP contribution in [-0.2, 0) is 0 Å². The van der Waals surface area contributed by atoms with Gasteiger partial charge in [-0.25, -0.2) is 9.78 Å². The maximum Gasteiger partial charge on any atom is 0.337 e. The predicted octanol–water partition coefficient (Wildman–Crippen LogP) is 4.35. The molecular formula is C20H14N4O4. The summed E-state index contributed by atoms with van der Waals surface area (Å²) in [6, 6.07) is 18.6. The molecule has 4 rings (SSSR count). The Kier molecular flexibility index (Phi) is 4.21. The van der Waals surface area contributed by atoms with Gasteiger partial charge in [-0.15, -0.1) is 0 Å². The second-order valence-corrected chi connectivity index (χ2v) is 6.06. The first-order chi connectivity index (χ1) is 13.5. The van der Waals surface area contributed by atoms with Crippen molar-refractivity contribution in [3.8, 4) is 11.3 Å². The smallest absolute Gasteiger partial charge is 0.337 e. The molecule has 0 aliphatic carbocycles. The van der Waals surface area contributed by atoms with Gasteiger partial charge in [0.15, 0.2) is 0 Å². The molecule has 8 heteroatoms. The van der Waals surface area contributed by atoms with Gasteiger partial charge in [0.25, 0.3) is 5.69 Å². The summed E-state index contributed by atoms with van der Waals surface area (Å²) in [5.74, 6) is -0.476. The van der Waals surface area contributed by atoms with E-state index >= 15 is 0 Å². The average molecular weight is 374 g/mol. The molecule has 8 nitrogen and oxygen atoms in total. The van der Waals surface area contributed by atoms with Gasteiger partial charge in [0.2, 0.25) is 0 Å². The van der Waals surface area contributed by atoms with Crippen molar-refractivity contribution in [2.75, 3.05) is 5.32 Å². The number of carboxylic acids is 1. The molecule has 0 fully saturated rings. The number of hydrogen-bond acceptors (Lipinski definition) is 5. The number of hydrogen-bond donors (Lipinski definition) is 2. The number of imidazole rings is 1. The van der Waals surface area contributed by atoms with E-state index in [4.69, 9.17) is 0 Å². The highest BCUT2D eigenvalue weighted by Gasteiger charge is 2.16. The van der Waals surface area contributed by atoms with Crippen molar-refractivity contribution >= 4 is 28.8 Å². The van der Waals surface area contributed by atoms with Crippen LogP contribution < -0.4 is 5.32 Å². The van der Waals surface area contributed by atoms with Gasteiger partial charge in [0, 0.05) is 29.6 Å². The molecule has 0 spiro atoms. The standard InChI is InChI=1S/C20H14N4O4/c25-20(26)14-6-11-17-22-18(13-4-2-1-3-5-13)19(23(17)12-14)21-15-7-9-16(10-8-15)24(27)28/h1-12,21H,(H,25,26). The van der Waals surface area contributed by atoms with Crippen LogP contribution in [-0.4, -0.2) is 25.4 Å². The molecule has 0 unspecified atom stereocenters. The largest absolute Gasteiger partial charge is 0.478 e. The Morgan fingerprint density at radius 3 is 2.39 bits per heavy atom. The lowest BCUT2D eigenvalue weighted by Gasteiger charge is -2.09. The van der Waals surface area contributed by atoms with Crippen molar-refractivity contribution in [1.29, 1.82) is 0 Å². The van der Waals surface area contributed by atoms with E-state index in [1.807, 2.05) is 30.3 Å². The van der Waals surface area contributed by atoms with Crippen LogP contribution >= 0.6 is 0 Å². The number of non-ortho nitro benzene ring substituents is 1. The minimum absolute atomic E-state index is 0.0138.